The van der Waals surface area contributed by atoms with Crippen LogP contribution in [0, 0.1) is 0 Å². The number of hydrogen-bond acceptors (Lipinski definition) is 4. The highest BCUT2D eigenvalue weighted by molar-refractivity contribution is 4.97. The van der Waals surface area contributed by atoms with E-state index in [1.807, 2.05) is 12.1 Å². The number of furan rings is 1. The minimum atomic E-state index is 0.582. The lowest BCUT2D eigenvalue weighted by atomic mass is 10.4. The molecule has 0 aromatic carbocycles. The average molecular weight is 184 g/mol. The van der Waals surface area contributed by atoms with Gasteiger partial charge < -0.3 is 20.2 Å². The van der Waals surface area contributed by atoms with Crippen molar-refractivity contribution in [2.45, 2.75) is 6.54 Å². The van der Waals surface area contributed by atoms with E-state index in [4.69, 9.17) is 14.9 Å². The molecule has 4 nitrogen and oxygen atoms in total. The highest BCUT2D eigenvalue weighted by Crippen LogP contribution is 1.97. The number of rotatable bonds is 7. The van der Waals surface area contributed by atoms with Gasteiger partial charge in [0.1, 0.15) is 5.76 Å². The van der Waals surface area contributed by atoms with Crippen molar-refractivity contribution in [1.29, 1.82) is 0 Å². The van der Waals surface area contributed by atoms with E-state index in [2.05, 4.69) is 5.32 Å². The van der Waals surface area contributed by atoms with Gasteiger partial charge in [0.25, 0.3) is 0 Å². The second-order valence-corrected chi connectivity index (χ2v) is 2.66. The lowest BCUT2D eigenvalue weighted by Crippen LogP contribution is -2.20. The van der Waals surface area contributed by atoms with E-state index in [-0.39, 0.29) is 0 Å². The molecule has 0 atom stereocenters. The summed E-state index contributed by atoms with van der Waals surface area (Å²) in [6.45, 7) is 3.47. The summed E-state index contributed by atoms with van der Waals surface area (Å²) in [4.78, 5) is 0. The standard InChI is InChI=1S/C9H16N2O2/c10-3-6-12-7-4-11-8-9-2-1-5-13-9/h1-2,5,11H,3-4,6-8,10H2. The molecule has 0 aliphatic heterocycles. The zero-order valence-corrected chi connectivity index (χ0v) is 7.66. The van der Waals surface area contributed by atoms with Gasteiger partial charge in [0.15, 0.2) is 0 Å². The molecule has 0 saturated heterocycles. The maximum atomic E-state index is 5.26. The molecule has 0 bridgehead atoms. The molecule has 0 fully saturated rings. The molecule has 1 rings (SSSR count). The first-order valence-electron chi connectivity index (χ1n) is 4.44. The van der Waals surface area contributed by atoms with Crippen LogP contribution in [0.4, 0.5) is 0 Å². The van der Waals surface area contributed by atoms with Crippen molar-refractivity contribution < 1.29 is 9.15 Å². The maximum absolute atomic E-state index is 5.26. The zero-order chi connectivity index (χ0) is 9.36. The fourth-order valence-corrected chi connectivity index (χ4v) is 0.954. The fraction of sp³-hybridized carbons (Fsp3) is 0.556. The van der Waals surface area contributed by atoms with Crippen molar-refractivity contribution in [3.05, 3.63) is 24.2 Å². The highest BCUT2D eigenvalue weighted by Gasteiger charge is 1.93. The van der Waals surface area contributed by atoms with Crippen LogP contribution in [0.15, 0.2) is 22.8 Å². The third-order valence-electron chi connectivity index (χ3n) is 1.56. The van der Waals surface area contributed by atoms with Crippen LogP contribution in [0.5, 0.6) is 0 Å². The summed E-state index contributed by atoms with van der Waals surface area (Å²) in [5.74, 6) is 0.943. The Balaban J connectivity index is 1.90. The second kappa shape index (κ2) is 6.65. The summed E-state index contributed by atoms with van der Waals surface area (Å²) in [6.07, 6.45) is 1.67. The summed E-state index contributed by atoms with van der Waals surface area (Å²) in [5.41, 5.74) is 5.26. The van der Waals surface area contributed by atoms with E-state index in [0.717, 1.165) is 18.8 Å². The molecular formula is C9H16N2O2. The topological polar surface area (TPSA) is 60.4 Å². The normalized spacial score (nSPS) is 10.5. The van der Waals surface area contributed by atoms with E-state index in [1.165, 1.54) is 0 Å². The number of nitrogens with one attached hydrogen (secondary N) is 1. The van der Waals surface area contributed by atoms with Gasteiger partial charge >= 0.3 is 0 Å². The first-order valence-corrected chi connectivity index (χ1v) is 4.44. The Morgan fingerprint density at radius 2 is 2.38 bits per heavy atom. The Kier molecular flexibility index (Phi) is 5.24. The lowest BCUT2D eigenvalue weighted by molar-refractivity contribution is 0.142. The Bertz CT molecular complexity index is 199. The van der Waals surface area contributed by atoms with Gasteiger partial charge in [0, 0.05) is 13.1 Å². The molecular weight excluding hydrogens is 168 g/mol. The van der Waals surface area contributed by atoms with Crippen molar-refractivity contribution in [3.63, 3.8) is 0 Å². The van der Waals surface area contributed by atoms with Crippen LogP contribution in [0.2, 0.25) is 0 Å². The quantitative estimate of drug-likeness (QED) is 0.600. The van der Waals surface area contributed by atoms with E-state index < -0.39 is 0 Å². The smallest absolute Gasteiger partial charge is 0.117 e. The average Bonchev–Trinajstić information content (AvgIpc) is 2.63. The van der Waals surface area contributed by atoms with Crippen molar-refractivity contribution in [3.8, 4) is 0 Å². The van der Waals surface area contributed by atoms with E-state index in [0.29, 0.717) is 19.8 Å². The highest BCUT2D eigenvalue weighted by atomic mass is 16.5. The third kappa shape index (κ3) is 4.67. The van der Waals surface area contributed by atoms with Gasteiger partial charge in [-0.3, -0.25) is 0 Å². The Hall–Kier alpha value is -0.840. The summed E-state index contributed by atoms with van der Waals surface area (Å²) < 4.78 is 10.3. The number of ether oxygens (including phenoxy) is 1. The number of nitrogens with two attached hydrogens (primary N) is 1. The van der Waals surface area contributed by atoms with Crippen LogP contribution in [-0.4, -0.2) is 26.3 Å². The minimum absolute atomic E-state index is 0.582. The summed E-state index contributed by atoms with van der Waals surface area (Å²) in [5, 5.41) is 3.19. The molecule has 1 aromatic rings. The van der Waals surface area contributed by atoms with Crippen molar-refractivity contribution >= 4 is 0 Å². The van der Waals surface area contributed by atoms with Gasteiger partial charge in [-0.15, -0.1) is 0 Å². The van der Waals surface area contributed by atoms with Gasteiger partial charge in [-0.2, -0.15) is 0 Å². The van der Waals surface area contributed by atoms with Gasteiger partial charge in [0.2, 0.25) is 0 Å². The Morgan fingerprint density at radius 1 is 1.46 bits per heavy atom. The third-order valence-corrected chi connectivity index (χ3v) is 1.56. The lowest BCUT2D eigenvalue weighted by Gasteiger charge is -2.03. The summed E-state index contributed by atoms with van der Waals surface area (Å²) in [6, 6.07) is 3.82. The largest absolute Gasteiger partial charge is 0.468 e. The minimum Gasteiger partial charge on any atom is -0.468 e. The fourth-order valence-electron chi connectivity index (χ4n) is 0.954. The molecule has 13 heavy (non-hydrogen) atoms. The van der Waals surface area contributed by atoms with Crippen LogP contribution >= 0.6 is 0 Å². The molecule has 4 heteroatoms. The van der Waals surface area contributed by atoms with Gasteiger partial charge in [0.05, 0.1) is 26.0 Å². The zero-order valence-electron chi connectivity index (χ0n) is 7.66. The molecule has 74 valence electrons. The predicted molar refractivity (Wildman–Crippen MR) is 50.3 cm³/mol. The van der Waals surface area contributed by atoms with Gasteiger partial charge in [-0.25, -0.2) is 0 Å². The SMILES string of the molecule is NCCOCCNCc1ccco1. The molecule has 1 aromatic heterocycles. The molecule has 0 spiro atoms. The predicted octanol–water partition coefficient (Wildman–Crippen LogP) is 0.345. The van der Waals surface area contributed by atoms with Crippen LogP contribution in [0.1, 0.15) is 5.76 Å². The summed E-state index contributed by atoms with van der Waals surface area (Å²) >= 11 is 0. The first-order chi connectivity index (χ1) is 6.43. The van der Waals surface area contributed by atoms with Crippen LogP contribution in [0.3, 0.4) is 0 Å². The Labute approximate surface area is 78.1 Å². The Morgan fingerprint density at radius 3 is 3.08 bits per heavy atom. The second-order valence-electron chi connectivity index (χ2n) is 2.66. The molecule has 0 aliphatic carbocycles. The van der Waals surface area contributed by atoms with Crippen LogP contribution < -0.4 is 11.1 Å². The van der Waals surface area contributed by atoms with Crippen molar-refractivity contribution in [2.75, 3.05) is 26.3 Å². The van der Waals surface area contributed by atoms with Gasteiger partial charge in [-0.05, 0) is 12.1 Å². The maximum Gasteiger partial charge on any atom is 0.117 e. The molecule has 0 aliphatic rings. The molecule has 1 heterocycles. The van der Waals surface area contributed by atoms with Crippen molar-refractivity contribution in [1.82, 2.24) is 5.32 Å². The molecule has 0 unspecified atom stereocenters. The van der Waals surface area contributed by atoms with Gasteiger partial charge in [-0.1, -0.05) is 0 Å². The number of hydrogen-bond donors (Lipinski definition) is 2. The monoisotopic (exact) mass is 184 g/mol. The molecule has 0 amide bonds. The molecule has 0 radical (unpaired) electrons. The molecule has 0 saturated carbocycles. The van der Waals surface area contributed by atoms with E-state index in [9.17, 15) is 0 Å². The molecule has 3 N–H and O–H groups in total. The van der Waals surface area contributed by atoms with Crippen LogP contribution in [0.25, 0.3) is 0 Å². The van der Waals surface area contributed by atoms with E-state index >= 15 is 0 Å². The first kappa shape index (κ1) is 10.2. The van der Waals surface area contributed by atoms with Crippen LogP contribution in [-0.2, 0) is 11.3 Å². The van der Waals surface area contributed by atoms with E-state index in [1.54, 1.807) is 6.26 Å². The van der Waals surface area contributed by atoms with Crippen molar-refractivity contribution in [2.24, 2.45) is 5.73 Å². The summed E-state index contributed by atoms with van der Waals surface area (Å²) in [7, 11) is 0.